The van der Waals surface area contributed by atoms with Crippen molar-refractivity contribution in [3.8, 4) is 68.2 Å². The zero-order valence-electron chi connectivity index (χ0n) is 58.7. The summed E-state index contributed by atoms with van der Waals surface area (Å²) in [4.78, 5) is 36.4. The van der Waals surface area contributed by atoms with E-state index in [1.807, 2.05) is 187 Å². The van der Waals surface area contributed by atoms with E-state index in [0.29, 0.717) is 50.2 Å². The fourth-order valence-corrected chi connectivity index (χ4v) is 15.2. The summed E-state index contributed by atoms with van der Waals surface area (Å²) < 4.78 is 69.7. The Labute approximate surface area is 590 Å². The van der Waals surface area contributed by atoms with Gasteiger partial charge in [0.2, 0.25) is 13.6 Å². The minimum absolute atomic E-state index is 0.0661. The minimum atomic E-state index is -1.26. The number of esters is 1. The van der Waals surface area contributed by atoms with E-state index in [2.05, 4.69) is 57.3 Å². The van der Waals surface area contributed by atoms with Gasteiger partial charge in [-0.05, 0) is 156 Å². The molecule has 0 saturated carbocycles. The Kier molecular flexibility index (Phi) is 22.8. The monoisotopic (exact) mass is 1390 g/mol. The summed E-state index contributed by atoms with van der Waals surface area (Å²) in [5, 5.41) is 5.11. The number of carbonyl (C=O) groups is 2. The molecule has 516 valence electrons. The van der Waals surface area contributed by atoms with Gasteiger partial charge in [-0.2, -0.15) is 0 Å². The molecule has 10 aromatic rings. The maximum absolute atomic E-state index is 13.9. The van der Waals surface area contributed by atoms with Crippen LogP contribution in [0.25, 0.3) is 67.1 Å². The molecule has 0 saturated heterocycles. The molecule has 0 aliphatic carbocycles. The molecule has 4 aliphatic rings. The van der Waals surface area contributed by atoms with Crippen molar-refractivity contribution >= 4 is 69.9 Å². The second-order valence-electron chi connectivity index (χ2n) is 27.5. The Bertz CT molecular complexity index is 4540. The van der Waals surface area contributed by atoms with Crippen LogP contribution in [0.1, 0.15) is 154 Å². The van der Waals surface area contributed by atoms with E-state index in [-0.39, 0.29) is 51.2 Å². The number of carbonyl (C=O) groups excluding carboxylic acids is 2. The van der Waals surface area contributed by atoms with Crippen LogP contribution in [0.4, 0.5) is 0 Å². The van der Waals surface area contributed by atoms with Gasteiger partial charge in [0.05, 0.1) is 39.6 Å². The van der Waals surface area contributed by atoms with Gasteiger partial charge in [0, 0.05) is 70.3 Å². The lowest BCUT2D eigenvalue weighted by atomic mass is 9.94. The van der Waals surface area contributed by atoms with Crippen LogP contribution in [0.5, 0.6) is 23.0 Å². The second-order valence-corrected chi connectivity index (χ2v) is 35.4. The largest absolute Gasteiger partial charge is 0.461 e. The van der Waals surface area contributed by atoms with E-state index in [9.17, 15) is 18.0 Å². The Morgan fingerprint density at radius 3 is 1.44 bits per heavy atom. The third-order valence-electron chi connectivity index (χ3n) is 16.9. The van der Waals surface area contributed by atoms with Crippen LogP contribution in [-0.4, -0.2) is 82.7 Å². The topological polar surface area (TPSA) is 211 Å². The molecule has 17 nitrogen and oxygen atoms in total. The SMILES string of the molecule is CCC[C@@H]1c2c(cc(C(=O)NCc3ccc4c(c3)OCO4)nc2-c2cccc(-c3cc4ccccc4o3)c2)CN1[S@](=O)C(C)(C)C.CCC[C@@H]1c2c(cc(C(=O)OCC)nc2-c2cccc(-c3cc4ccccc4o3)c2)CN1[S@](=O)C(C)(C)C.NCc1ccc2c(c1)OCO2.[CH3][Al]([CH3])[CH3]. The van der Waals surface area contributed by atoms with Crippen LogP contribution in [0.3, 0.4) is 0 Å². The van der Waals surface area contributed by atoms with Crippen LogP contribution >= 0.6 is 0 Å². The summed E-state index contributed by atoms with van der Waals surface area (Å²) in [5.74, 6) is 10.7. The van der Waals surface area contributed by atoms with Crippen molar-refractivity contribution in [1.29, 1.82) is 0 Å². The number of nitrogens with zero attached hydrogens (tertiary/aromatic N) is 4. The molecule has 0 unspecified atom stereocenters. The molecule has 4 aliphatic heterocycles. The number of hydrogen-bond donors (Lipinski definition) is 2. The highest BCUT2D eigenvalue weighted by molar-refractivity contribution is 7.84. The number of amides is 1. The Morgan fingerprint density at radius 1 is 0.556 bits per heavy atom. The molecule has 1 amide bonds. The number of pyridine rings is 2. The van der Waals surface area contributed by atoms with Gasteiger partial charge in [0.1, 0.15) is 56.0 Å². The molecule has 0 radical (unpaired) electrons. The predicted molar refractivity (Wildman–Crippen MR) is 395 cm³/mol. The molecule has 99 heavy (non-hydrogen) atoms. The summed E-state index contributed by atoms with van der Waals surface area (Å²) in [7, 11) is -2.48. The number of furan rings is 2. The maximum Gasteiger partial charge on any atom is 0.356 e. The molecule has 0 spiro atoms. The third kappa shape index (κ3) is 16.6. The van der Waals surface area contributed by atoms with Crippen molar-refractivity contribution in [2.45, 2.75) is 153 Å². The van der Waals surface area contributed by atoms with Crippen molar-refractivity contribution in [2.24, 2.45) is 5.73 Å². The Morgan fingerprint density at radius 2 is 0.990 bits per heavy atom. The molecule has 8 heterocycles. The van der Waals surface area contributed by atoms with Crippen molar-refractivity contribution in [3.63, 3.8) is 0 Å². The number of benzene rings is 6. The van der Waals surface area contributed by atoms with Crippen LogP contribution < -0.4 is 30.0 Å². The highest BCUT2D eigenvalue weighted by Gasteiger charge is 2.42. The van der Waals surface area contributed by atoms with Gasteiger partial charge >= 0.3 is 5.97 Å². The Hall–Kier alpha value is -8.45. The maximum atomic E-state index is 13.9. The lowest BCUT2D eigenvalue weighted by Gasteiger charge is -2.30. The van der Waals surface area contributed by atoms with Gasteiger partial charge in [0.15, 0.2) is 23.0 Å². The average Bonchev–Trinajstić information content (AvgIpc) is 1.59. The zero-order chi connectivity index (χ0) is 70.3. The quantitative estimate of drug-likeness (QED) is 0.0681. The number of para-hydroxylation sites is 2. The first-order valence-corrected chi connectivity index (χ1v) is 39.8. The zero-order valence-corrected chi connectivity index (χ0v) is 61.5. The summed E-state index contributed by atoms with van der Waals surface area (Å²) in [6.07, 6.45) is 3.51. The normalized spacial score (nSPS) is 15.8. The van der Waals surface area contributed by atoms with Gasteiger partial charge in [-0.25, -0.2) is 31.8 Å². The third-order valence-corrected chi connectivity index (χ3v) is 20.6. The Balaban J connectivity index is 0.000000167. The van der Waals surface area contributed by atoms with Gasteiger partial charge in [-0.1, -0.05) is 112 Å². The molecule has 0 bridgehead atoms. The molecule has 14 rings (SSSR count). The van der Waals surface area contributed by atoms with Crippen LogP contribution in [0.15, 0.2) is 167 Å². The van der Waals surface area contributed by atoms with Crippen LogP contribution in [0.2, 0.25) is 17.4 Å². The number of hydrogen-bond acceptors (Lipinski definition) is 14. The van der Waals surface area contributed by atoms with E-state index in [1.165, 1.54) is 0 Å². The fraction of sp³-hybridized carbons (Fsp3) is 0.342. The lowest BCUT2D eigenvalue weighted by Crippen LogP contribution is -2.36. The summed E-state index contributed by atoms with van der Waals surface area (Å²) >= 11 is -0.139. The number of ether oxygens (including phenoxy) is 5. The van der Waals surface area contributed by atoms with Gasteiger partial charge in [-0.3, -0.25) is 4.79 Å². The van der Waals surface area contributed by atoms with E-state index in [1.54, 1.807) is 6.92 Å². The summed E-state index contributed by atoms with van der Waals surface area (Å²) in [5.41, 5.74) is 18.8. The molecule has 4 atom stereocenters. The molecule has 4 aromatic heterocycles. The highest BCUT2D eigenvalue weighted by atomic mass is 32.2. The minimum Gasteiger partial charge on any atom is -0.461 e. The van der Waals surface area contributed by atoms with E-state index < -0.39 is 37.4 Å². The van der Waals surface area contributed by atoms with E-state index in [0.717, 1.165) is 138 Å². The number of nitrogens with two attached hydrogens (primary N) is 1. The molecular formula is C79H89AlN6O11S2. The van der Waals surface area contributed by atoms with Crippen molar-refractivity contribution in [2.75, 3.05) is 20.2 Å². The molecular weight excluding hydrogens is 1300 g/mol. The highest BCUT2D eigenvalue weighted by Crippen LogP contribution is 2.48. The average molecular weight is 1390 g/mol. The van der Waals surface area contributed by atoms with Gasteiger partial charge in [-0.15, -0.1) is 17.4 Å². The van der Waals surface area contributed by atoms with Crippen LogP contribution in [0, 0.1) is 0 Å². The van der Waals surface area contributed by atoms with Crippen molar-refractivity contribution in [3.05, 3.63) is 202 Å². The summed E-state index contributed by atoms with van der Waals surface area (Å²) in [6.45, 7) is 20.7. The number of fused-ring (bicyclic) bond motifs is 6. The standard InChI is InChI=1S/C37H37N3O5S.C31H34N2O4S.C8H9NO2.3CH3.Al/c1-5-9-29-34-27(21-40(29)46(42)37(2,3)4)18-28(36(41)38-20-23-14-15-31-33(16-23)44-22-43-31)39-35(34)26-12-8-11-24(17-26)32-19-25-10-6-7-13-30(25)45-32;1-6-11-25-28-23(19-33(25)38(35)31(3,4)5)17-24(30(34)36-7-2)32-29(28)22-14-10-13-20(16-22)27-18-21-12-8-9-15-26(21)37-27;9-4-6-1-2-7-8(3-6)11-5-10-7;;;;/h6-8,10-19,29H,5,9,20-22H2,1-4H3,(H,38,41);8-10,12-18,25H,6-7,11,19H2,1-5H3;1-3H,4-5,9H2;3*1H3;/t29-,46-;25-,38-;;;;;/m11...../s1. The molecule has 20 heteroatoms. The van der Waals surface area contributed by atoms with Gasteiger partial charge < -0.3 is 43.6 Å². The molecule has 3 N–H and O–H groups in total. The smallest absolute Gasteiger partial charge is 0.356 e. The molecule has 0 fully saturated rings. The summed E-state index contributed by atoms with van der Waals surface area (Å²) in [6, 6.07) is 51.0. The number of rotatable bonds is 16. The number of nitrogens with one attached hydrogen (secondary N) is 1. The predicted octanol–water partition coefficient (Wildman–Crippen LogP) is 17.6. The van der Waals surface area contributed by atoms with E-state index in [4.69, 9.17) is 48.2 Å². The van der Waals surface area contributed by atoms with Gasteiger partial charge in [0.25, 0.3) is 20.1 Å². The molecule has 6 aromatic carbocycles. The second kappa shape index (κ2) is 31.4. The fourth-order valence-electron chi connectivity index (χ4n) is 12.4. The lowest BCUT2D eigenvalue weighted by molar-refractivity contribution is 0.0519. The van der Waals surface area contributed by atoms with E-state index >= 15 is 0 Å². The van der Waals surface area contributed by atoms with Crippen LogP contribution in [-0.2, 0) is 52.9 Å². The first-order chi connectivity index (χ1) is 47.5. The van der Waals surface area contributed by atoms with Crippen molar-refractivity contribution < 1.29 is 50.5 Å². The number of aromatic nitrogens is 2. The first kappa shape index (κ1) is 71.8. The first-order valence-electron chi connectivity index (χ1n) is 34.1. The van der Waals surface area contributed by atoms with Crippen molar-refractivity contribution in [1.82, 2.24) is 23.9 Å².